The van der Waals surface area contributed by atoms with Crippen LogP contribution in [0.1, 0.15) is 6.92 Å². The van der Waals surface area contributed by atoms with Gasteiger partial charge in [0.05, 0.1) is 6.61 Å². The zero-order valence-electron chi connectivity index (χ0n) is 14.7. The van der Waals surface area contributed by atoms with Crippen LogP contribution >= 0.6 is 0 Å². The molecule has 7 nitrogen and oxygen atoms in total. The number of carbonyl (C=O) groups is 2. The second kappa shape index (κ2) is 9.31. The number of carbonyl (C=O) groups excluding carboxylic acids is 1. The van der Waals surface area contributed by atoms with Crippen molar-refractivity contribution in [1.82, 2.24) is 0 Å². The van der Waals surface area contributed by atoms with E-state index in [1.54, 1.807) is 43.4 Å². The van der Waals surface area contributed by atoms with E-state index >= 15 is 0 Å². The van der Waals surface area contributed by atoms with Gasteiger partial charge in [0, 0.05) is 12.7 Å². The van der Waals surface area contributed by atoms with E-state index in [2.05, 4.69) is 0 Å². The van der Waals surface area contributed by atoms with Crippen LogP contribution < -0.4 is 19.1 Å². The third kappa shape index (κ3) is 5.41. The number of ether oxygens (including phenoxy) is 3. The summed E-state index contributed by atoms with van der Waals surface area (Å²) in [5.41, 5.74) is 0.638. The SMILES string of the molecule is CCOc1ccccc1OCC(=O)N(C)c1ccc(OCC(=O)O)cc1. The van der Waals surface area contributed by atoms with Crippen molar-refractivity contribution < 1.29 is 28.9 Å². The van der Waals surface area contributed by atoms with Gasteiger partial charge in [-0.05, 0) is 43.3 Å². The van der Waals surface area contributed by atoms with E-state index in [4.69, 9.17) is 19.3 Å². The van der Waals surface area contributed by atoms with Gasteiger partial charge in [0.15, 0.2) is 24.7 Å². The number of carboxylic acid groups (broad SMARTS) is 1. The van der Waals surface area contributed by atoms with Gasteiger partial charge < -0.3 is 24.2 Å². The highest BCUT2D eigenvalue weighted by atomic mass is 16.5. The molecule has 2 aromatic carbocycles. The lowest BCUT2D eigenvalue weighted by atomic mass is 10.3. The average molecular weight is 359 g/mol. The third-order valence-electron chi connectivity index (χ3n) is 3.46. The zero-order chi connectivity index (χ0) is 18.9. The van der Waals surface area contributed by atoms with Gasteiger partial charge in [-0.3, -0.25) is 4.79 Å². The molecule has 0 bridgehead atoms. The molecular formula is C19H21NO6. The molecule has 0 fully saturated rings. The highest BCUT2D eigenvalue weighted by molar-refractivity contribution is 5.94. The Kier molecular flexibility index (Phi) is 6.84. The molecule has 26 heavy (non-hydrogen) atoms. The van der Waals surface area contributed by atoms with Crippen LogP contribution in [-0.4, -0.2) is 43.9 Å². The summed E-state index contributed by atoms with van der Waals surface area (Å²) in [5.74, 6) is 0.221. The van der Waals surface area contributed by atoms with Crippen LogP contribution in [0, 0.1) is 0 Å². The van der Waals surface area contributed by atoms with Gasteiger partial charge in [0.2, 0.25) is 0 Å². The number of hydrogen-bond donors (Lipinski definition) is 1. The number of hydrogen-bond acceptors (Lipinski definition) is 5. The van der Waals surface area contributed by atoms with Crippen molar-refractivity contribution in [3.8, 4) is 17.2 Å². The highest BCUT2D eigenvalue weighted by Gasteiger charge is 2.13. The van der Waals surface area contributed by atoms with Crippen molar-refractivity contribution in [3.05, 3.63) is 48.5 Å². The highest BCUT2D eigenvalue weighted by Crippen LogP contribution is 2.26. The Bertz CT molecular complexity index is 744. The fourth-order valence-corrected chi connectivity index (χ4v) is 2.14. The van der Waals surface area contributed by atoms with E-state index in [0.717, 1.165) is 0 Å². The normalized spacial score (nSPS) is 10.1. The number of likely N-dealkylation sites (N-methyl/N-ethyl adjacent to an activating group) is 1. The number of benzene rings is 2. The van der Waals surface area contributed by atoms with E-state index in [1.165, 1.54) is 4.90 Å². The van der Waals surface area contributed by atoms with Gasteiger partial charge in [-0.15, -0.1) is 0 Å². The van der Waals surface area contributed by atoms with Gasteiger partial charge in [-0.25, -0.2) is 4.79 Å². The van der Waals surface area contributed by atoms with E-state index in [9.17, 15) is 9.59 Å². The lowest BCUT2D eigenvalue weighted by molar-refractivity contribution is -0.139. The van der Waals surface area contributed by atoms with E-state index in [0.29, 0.717) is 29.5 Å². The van der Waals surface area contributed by atoms with E-state index < -0.39 is 12.6 Å². The molecule has 0 saturated carbocycles. The Morgan fingerprint density at radius 2 is 1.54 bits per heavy atom. The quantitative estimate of drug-likeness (QED) is 0.741. The Morgan fingerprint density at radius 3 is 2.12 bits per heavy atom. The first-order chi connectivity index (χ1) is 12.5. The zero-order valence-corrected chi connectivity index (χ0v) is 14.7. The number of amides is 1. The molecule has 138 valence electrons. The Labute approximate surface area is 151 Å². The maximum Gasteiger partial charge on any atom is 0.341 e. The molecule has 7 heteroatoms. The van der Waals surface area contributed by atoms with Crippen molar-refractivity contribution in [2.75, 3.05) is 31.8 Å². The first-order valence-corrected chi connectivity index (χ1v) is 8.07. The van der Waals surface area contributed by atoms with Crippen molar-refractivity contribution >= 4 is 17.6 Å². The average Bonchev–Trinajstić information content (AvgIpc) is 2.65. The van der Waals surface area contributed by atoms with Crippen molar-refractivity contribution in [3.63, 3.8) is 0 Å². The fraction of sp³-hybridized carbons (Fsp3) is 0.263. The molecule has 0 aliphatic carbocycles. The van der Waals surface area contributed by atoms with Gasteiger partial charge >= 0.3 is 5.97 Å². The predicted molar refractivity (Wildman–Crippen MR) is 96.1 cm³/mol. The maximum absolute atomic E-state index is 12.3. The summed E-state index contributed by atoms with van der Waals surface area (Å²) in [6.45, 7) is 1.82. The smallest absolute Gasteiger partial charge is 0.341 e. The van der Waals surface area contributed by atoms with Crippen LogP contribution in [0.3, 0.4) is 0 Å². The second-order valence-electron chi connectivity index (χ2n) is 5.30. The van der Waals surface area contributed by atoms with Crippen LogP contribution in [0.4, 0.5) is 5.69 Å². The molecule has 0 aliphatic rings. The fourth-order valence-electron chi connectivity index (χ4n) is 2.14. The van der Waals surface area contributed by atoms with Crippen molar-refractivity contribution in [2.24, 2.45) is 0 Å². The lowest BCUT2D eigenvalue weighted by Gasteiger charge is -2.18. The standard InChI is InChI=1S/C19H21NO6/c1-3-24-16-6-4-5-7-17(16)26-12-18(21)20(2)14-8-10-15(11-9-14)25-13-19(22)23/h4-11H,3,12-13H2,1-2H3,(H,22,23). The largest absolute Gasteiger partial charge is 0.490 e. The Hall–Kier alpha value is -3.22. The van der Waals surface area contributed by atoms with Crippen LogP contribution in [0.15, 0.2) is 48.5 Å². The molecule has 0 atom stereocenters. The Balaban J connectivity index is 1.94. The Morgan fingerprint density at radius 1 is 0.923 bits per heavy atom. The third-order valence-corrected chi connectivity index (χ3v) is 3.46. The van der Waals surface area contributed by atoms with Crippen LogP contribution in [0.25, 0.3) is 0 Å². The minimum absolute atomic E-state index is 0.141. The number of aliphatic carboxylic acids is 1. The number of carboxylic acids is 1. The number of nitrogens with zero attached hydrogens (tertiary/aromatic N) is 1. The molecular weight excluding hydrogens is 338 g/mol. The molecule has 0 aliphatic heterocycles. The van der Waals surface area contributed by atoms with Gasteiger partial charge in [-0.2, -0.15) is 0 Å². The summed E-state index contributed by atoms with van der Waals surface area (Å²) < 4.78 is 16.1. The summed E-state index contributed by atoms with van der Waals surface area (Å²) in [4.78, 5) is 24.3. The minimum atomic E-state index is -1.05. The topological polar surface area (TPSA) is 85.3 Å². The maximum atomic E-state index is 12.3. The summed E-state index contributed by atoms with van der Waals surface area (Å²) >= 11 is 0. The molecule has 0 radical (unpaired) electrons. The molecule has 0 unspecified atom stereocenters. The molecule has 0 heterocycles. The number of para-hydroxylation sites is 2. The summed E-state index contributed by atoms with van der Waals surface area (Å²) in [7, 11) is 1.63. The molecule has 0 spiro atoms. The molecule has 2 aromatic rings. The lowest BCUT2D eigenvalue weighted by Crippen LogP contribution is -2.31. The van der Waals surface area contributed by atoms with Crippen LogP contribution in [0.5, 0.6) is 17.2 Å². The number of rotatable bonds is 9. The molecule has 2 rings (SSSR count). The number of anilines is 1. The monoisotopic (exact) mass is 359 g/mol. The summed E-state index contributed by atoms with van der Waals surface area (Å²) in [6.07, 6.45) is 0. The van der Waals surface area contributed by atoms with E-state index in [-0.39, 0.29) is 12.5 Å². The summed E-state index contributed by atoms with van der Waals surface area (Å²) in [5, 5.41) is 8.60. The van der Waals surface area contributed by atoms with Crippen molar-refractivity contribution in [2.45, 2.75) is 6.92 Å². The molecule has 1 amide bonds. The summed E-state index contributed by atoms with van der Waals surface area (Å²) in [6, 6.07) is 13.7. The molecule has 1 N–H and O–H groups in total. The van der Waals surface area contributed by atoms with E-state index in [1.807, 2.05) is 19.1 Å². The first-order valence-electron chi connectivity index (χ1n) is 8.07. The minimum Gasteiger partial charge on any atom is -0.490 e. The van der Waals surface area contributed by atoms with Gasteiger partial charge in [0.1, 0.15) is 5.75 Å². The van der Waals surface area contributed by atoms with Gasteiger partial charge in [-0.1, -0.05) is 12.1 Å². The van der Waals surface area contributed by atoms with Gasteiger partial charge in [0.25, 0.3) is 5.91 Å². The van der Waals surface area contributed by atoms with Crippen LogP contribution in [-0.2, 0) is 9.59 Å². The van der Waals surface area contributed by atoms with Crippen molar-refractivity contribution in [1.29, 1.82) is 0 Å². The molecule has 0 saturated heterocycles. The molecule has 0 aromatic heterocycles. The second-order valence-corrected chi connectivity index (χ2v) is 5.30. The first kappa shape index (κ1) is 19.1. The van der Waals surface area contributed by atoms with Crippen LogP contribution in [0.2, 0.25) is 0 Å². The predicted octanol–water partition coefficient (Wildman–Crippen LogP) is 2.59.